The van der Waals surface area contributed by atoms with Crippen molar-refractivity contribution in [3.05, 3.63) is 75.6 Å². The van der Waals surface area contributed by atoms with Crippen LogP contribution >= 0.6 is 23.2 Å². The zero-order valence-corrected chi connectivity index (χ0v) is 13.9. The van der Waals surface area contributed by atoms with Gasteiger partial charge in [-0.2, -0.15) is 0 Å². The Kier molecular flexibility index (Phi) is 4.55. The summed E-state index contributed by atoms with van der Waals surface area (Å²) in [6, 6.07) is 2.69. The molecule has 0 bridgehead atoms. The van der Waals surface area contributed by atoms with Gasteiger partial charge in [0.2, 0.25) is 0 Å². The summed E-state index contributed by atoms with van der Waals surface area (Å²) in [7, 11) is 0. The molecule has 0 saturated heterocycles. The highest BCUT2D eigenvalue weighted by atomic mass is 35.5. The van der Waals surface area contributed by atoms with E-state index in [2.05, 4.69) is 0 Å². The number of hydrogen-bond donors (Lipinski definition) is 2. The molecule has 0 spiro atoms. The summed E-state index contributed by atoms with van der Waals surface area (Å²) < 4.78 is 5.44. The van der Waals surface area contributed by atoms with E-state index in [0.29, 0.717) is 18.6 Å². The monoisotopic (exact) mass is 365 g/mol. The summed E-state index contributed by atoms with van der Waals surface area (Å²) >= 11 is 11.7. The summed E-state index contributed by atoms with van der Waals surface area (Å²) in [4.78, 5) is 13.9. The van der Waals surface area contributed by atoms with E-state index >= 15 is 0 Å². The fraction of sp³-hybridized carbons (Fsp3) is 0.118. The Hall–Kier alpha value is -2.37. The molecule has 0 unspecified atom stereocenters. The summed E-state index contributed by atoms with van der Waals surface area (Å²) in [5.74, 6) is -0.00275. The molecule has 1 aromatic rings. The van der Waals surface area contributed by atoms with E-state index in [9.17, 15) is 15.0 Å². The number of nitrogens with zero attached hydrogens (tertiary/aromatic N) is 1. The highest BCUT2D eigenvalue weighted by molar-refractivity contribution is 6.37. The molecule has 1 aromatic carbocycles. The standard InChI is InChI=1S/C17H13Cl2NO4/c18-13-7-11(8-14(19)16(13)22)17(23)20-4-5-24-15(9-20)10-2-1-3-12(21)6-10/h3-9,21-22H,1-2H2. The third-order valence-corrected chi connectivity index (χ3v) is 4.15. The van der Waals surface area contributed by atoms with Crippen molar-refractivity contribution in [2.24, 2.45) is 0 Å². The van der Waals surface area contributed by atoms with Crippen LogP contribution in [0.2, 0.25) is 10.0 Å². The van der Waals surface area contributed by atoms with Crippen molar-refractivity contribution >= 4 is 29.1 Å². The van der Waals surface area contributed by atoms with Gasteiger partial charge >= 0.3 is 0 Å². The normalized spacial score (nSPS) is 16.9. The van der Waals surface area contributed by atoms with Gasteiger partial charge in [0.05, 0.1) is 16.2 Å². The molecule has 1 amide bonds. The van der Waals surface area contributed by atoms with Crippen LogP contribution in [0.5, 0.6) is 5.75 Å². The molecule has 5 nitrogen and oxygen atoms in total. The number of allylic oxidation sites excluding steroid dienone is 3. The first-order valence-electron chi connectivity index (χ1n) is 7.11. The minimum absolute atomic E-state index is 0.00246. The molecule has 24 heavy (non-hydrogen) atoms. The summed E-state index contributed by atoms with van der Waals surface area (Å²) in [5, 5.41) is 19.2. The van der Waals surface area contributed by atoms with Crippen LogP contribution in [0.1, 0.15) is 23.2 Å². The predicted molar refractivity (Wildman–Crippen MR) is 90.6 cm³/mol. The maximum Gasteiger partial charge on any atom is 0.262 e. The van der Waals surface area contributed by atoms with Gasteiger partial charge in [0.25, 0.3) is 5.91 Å². The lowest BCUT2D eigenvalue weighted by molar-refractivity contribution is 0.0855. The summed E-state index contributed by atoms with van der Waals surface area (Å²) in [6.07, 6.45) is 9.08. The molecule has 0 fully saturated rings. The Morgan fingerprint density at radius 1 is 1.21 bits per heavy atom. The number of carbonyl (C=O) groups excluding carboxylic acids is 1. The van der Waals surface area contributed by atoms with E-state index in [0.717, 1.165) is 5.57 Å². The third-order valence-electron chi connectivity index (χ3n) is 3.58. The summed E-state index contributed by atoms with van der Waals surface area (Å²) in [6.45, 7) is 0. The number of aliphatic hydroxyl groups excluding tert-OH is 1. The van der Waals surface area contributed by atoms with E-state index in [1.165, 1.54) is 35.7 Å². The zero-order chi connectivity index (χ0) is 17.3. The van der Waals surface area contributed by atoms with Gasteiger partial charge in [-0.3, -0.25) is 9.69 Å². The molecule has 1 heterocycles. The SMILES string of the molecule is O=C(c1cc(Cl)c(O)c(Cl)c1)N1C=COC(C2=CC(O)=CCC2)=C1. The average molecular weight is 366 g/mol. The van der Waals surface area contributed by atoms with Gasteiger partial charge in [-0.15, -0.1) is 0 Å². The molecule has 2 N–H and O–H groups in total. The number of phenolic OH excluding ortho intramolecular Hbond substituents is 1. The molecular weight excluding hydrogens is 353 g/mol. The second-order valence-electron chi connectivity index (χ2n) is 5.23. The first-order valence-corrected chi connectivity index (χ1v) is 7.87. The predicted octanol–water partition coefficient (Wildman–Crippen LogP) is 4.65. The van der Waals surface area contributed by atoms with Crippen molar-refractivity contribution in [1.82, 2.24) is 4.90 Å². The number of phenols is 1. The molecule has 0 radical (unpaired) electrons. The fourth-order valence-corrected chi connectivity index (χ4v) is 2.86. The third kappa shape index (κ3) is 3.27. The van der Waals surface area contributed by atoms with Gasteiger partial charge in [-0.05, 0) is 37.1 Å². The first kappa shape index (κ1) is 16.5. The van der Waals surface area contributed by atoms with Crippen LogP contribution in [-0.4, -0.2) is 21.0 Å². The molecule has 3 rings (SSSR count). The Bertz CT molecular complexity index is 801. The summed E-state index contributed by atoms with van der Waals surface area (Å²) in [5.41, 5.74) is 1.02. The second kappa shape index (κ2) is 6.63. The molecule has 0 atom stereocenters. The van der Waals surface area contributed by atoms with Crippen LogP contribution in [0.25, 0.3) is 0 Å². The molecule has 0 saturated carbocycles. The van der Waals surface area contributed by atoms with Gasteiger partial charge in [0, 0.05) is 17.3 Å². The van der Waals surface area contributed by atoms with E-state index in [4.69, 9.17) is 27.9 Å². The van der Waals surface area contributed by atoms with E-state index < -0.39 is 0 Å². The number of hydrogen-bond acceptors (Lipinski definition) is 4. The quantitative estimate of drug-likeness (QED) is 0.800. The van der Waals surface area contributed by atoms with Crippen LogP contribution in [0, 0.1) is 0 Å². The van der Waals surface area contributed by atoms with Crippen molar-refractivity contribution in [2.75, 3.05) is 0 Å². The van der Waals surface area contributed by atoms with E-state index in [1.807, 2.05) is 0 Å². The maximum absolute atomic E-state index is 12.6. The van der Waals surface area contributed by atoms with Gasteiger partial charge in [0.15, 0.2) is 5.75 Å². The number of carbonyl (C=O) groups is 1. The van der Waals surface area contributed by atoms with Crippen molar-refractivity contribution in [2.45, 2.75) is 12.8 Å². The molecular formula is C17H13Cl2NO4. The Balaban J connectivity index is 1.89. The van der Waals surface area contributed by atoms with Gasteiger partial charge in [-0.25, -0.2) is 0 Å². The second-order valence-corrected chi connectivity index (χ2v) is 6.05. The zero-order valence-electron chi connectivity index (χ0n) is 12.4. The van der Waals surface area contributed by atoms with E-state index in [1.54, 1.807) is 12.2 Å². The lowest BCUT2D eigenvalue weighted by Gasteiger charge is -2.22. The van der Waals surface area contributed by atoms with Crippen molar-refractivity contribution in [3.63, 3.8) is 0 Å². The van der Waals surface area contributed by atoms with Crippen molar-refractivity contribution in [3.8, 4) is 5.75 Å². The van der Waals surface area contributed by atoms with Crippen LogP contribution in [0.15, 0.2) is 60.0 Å². The molecule has 124 valence electrons. The number of aromatic hydroxyl groups is 1. The topological polar surface area (TPSA) is 70.0 Å². The van der Waals surface area contributed by atoms with Crippen LogP contribution in [0.3, 0.4) is 0 Å². The minimum atomic E-state index is -0.382. The number of benzene rings is 1. The van der Waals surface area contributed by atoms with Crippen LogP contribution in [0.4, 0.5) is 0 Å². The fourth-order valence-electron chi connectivity index (χ4n) is 2.37. The van der Waals surface area contributed by atoms with E-state index in [-0.39, 0.29) is 33.0 Å². The Labute approximate surface area is 148 Å². The molecule has 2 aliphatic rings. The number of ether oxygens (including phenoxy) is 1. The number of rotatable bonds is 2. The largest absolute Gasteiger partial charge is 0.508 e. The molecule has 0 aromatic heterocycles. The van der Waals surface area contributed by atoms with Crippen molar-refractivity contribution in [1.29, 1.82) is 0 Å². The highest BCUT2D eigenvalue weighted by Gasteiger charge is 2.21. The molecule has 1 aliphatic heterocycles. The van der Waals surface area contributed by atoms with Gasteiger partial charge in [-0.1, -0.05) is 23.2 Å². The number of amides is 1. The minimum Gasteiger partial charge on any atom is -0.508 e. The lowest BCUT2D eigenvalue weighted by atomic mass is 10.0. The van der Waals surface area contributed by atoms with Gasteiger partial charge in [0.1, 0.15) is 17.8 Å². The van der Waals surface area contributed by atoms with Crippen molar-refractivity contribution < 1.29 is 19.7 Å². The Morgan fingerprint density at radius 2 is 1.92 bits per heavy atom. The number of halogens is 2. The smallest absolute Gasteiger partial charge is 0.262 e. The van der Waals surface area contributed by atoms with Gasteiger partial charge < -0.3 is 14.9 Å². The maximum atomic E-state index is 12.6. The average Bonchev–Trinajstić information content (AvgIpc) is 2.58. The van der Waals surface area contributed by atoms with Crippen LogP contribution < -0.4 is 0 Å². The lowest BCUT2D eigenvalue weighted by Crippen LogP contribution is -2.23. The number of aliphatic hydroxyl groups is 1. The first-order chi connectivity index (χ1) is 11.5. The Morgan fingerprint density at radius 3 is 2.58 bits per heavy atom. The highest BCUT2D eigenvalue weighted by Crippen LogP contribution is 2.33. The molecule has 7 heteroatoms. The molecule has 1 aliphatic carbocycles. The van der Waals surface area contributed by atoms with Crippen LogP contribution in [-0.2, 0) is 4.74 Å².